The summed E-state index contributed by atoms with van der Waals surface area (Å²) in [7, 11) is 0. The summed E-state index contributed by atoms with van der Waals surface area (Å²) < 4.78 is 0. The molecule has 0 unspecified atom stereocenters. The molecular formula is C128H90. The lowest BCUT2D eigenvalue weighted by atomic mass is 9.69. The molecule has 21 aromatic rings. The first-order chi connectivity index (χ1) is 63.5. The summed E-state index contributed by atoms with van der Waals surface area (Å²) in [6.07, 6.45) is 0. The predicted molar refractivity (Wildman–Crippen MR) is 545 cm³/mol. The highest BCUT2D eigenvalue weighted by atomic mass is 14.4. The summed E-state index contributed by atoms with van der Waals surface area (Å²) in [6, 6.07) is 191. The normalized spacial score (nSPS) is 11.2. The molecule has 128 heavy (non-hydrogen) atoms. The van der Waals surface area contributed by atoms with Gasteiger partial charge in [-0.3, -0.25) is 0 Å². The molecular weight excluding hydrogens is 1540 g/mol. The van der Waals surface area contributed by atoms with Gasteiger partial charge in [0.1, 0.15) is 0 Å². The van der Waals surface area contributed by atoms with Crippen molar-refractivity contribution in [2.75, 3.05) is 0 Å². The summed E-state index contributed by atoms with van der Waals surface area (Å²) >= 11 is 0. The monoisotopic (exact) mass is 1630 g/mol. The van der Waals surface area contributed by atoms with Crippen LogP contribution in [0.2, 0.25) is 0 Å². The molecule has 0 aliphatic heterocycles. The fraction of sp³-hybridized carbons (Fsp3) is 0.0156. The van der Waals surface area contributed by atoms with E-state index in [1.165, 1.54) is 0 Å². The first-order valence-corrected chi connectivity index (χ1v) is 44.4. The molecule has 21 aromatic carbocycles. The lowest BCUT2D eigenvalue weighted by Crippen LogP contribution is -2.08. The van der Waals surface area contributed by atoms with Crippen molar-refractivity contribution in [1.82, 2.24) is 0 Å². The Hall–Kier alpha value is -16.4. The van der Waals surface area contributed by atoms with Gasteiger partial charge in [-0.25, -0.2) is 0 Å². The van der Waals surface area contributed by atoms with E-state index in [0.717, 1.165) is 234 Å². The van der Waals surface area contributed by atoms with Crippen LogP contribution in [0.1, 0.15) is 11.1 Å². The Kier molecular flexibility index (Phi) is 21.8. The Morgan fingerprint density at radius 3 is 0.297 bits per heavy atom. The van der Waals surface area contributed by atoms with Gasteiger partial charge in [0.15, 0.2) is 0 Å². The largest absolute Gasteiger partial charge is 0.0622 e. The minimum Gasteiger partial charge on any atom is -0.0622 e. The third-order valence-corrected chi connectivity index (χ3v) is 25.5. The minimum atomic E-state index is 1.08. The van der Waals surface area contributed by atoms with Crippen molar-refractivity contribution in [3.8, 4) is 223 Å². The van der Waals surface area contributed by atoms with Crippen LogP contribution in [-0.4, -0.2) is 0 Å². The van der Waals surface area contributed by atoms with Crippen molar-refractivity contribution in [3.05, 3.63) is 521 Å². The van der Waals surface area contributed by atoms with Crippen LogP contribution >= 0.6 is 0 Å². The van der Waals surface area contributed by atoms with Gasteiger partial charge in [-0.05, 0) is 272 Å². The number of rotatable bonds is 20. The molecule has 0 amide bonds. The van der Waals surface area contributed by atoms with Crippen LogP contribution in [0.25, 0.3) is 223 Å². The number of benzene rings is 21. The summed E-state index contributed by atoms with van der Waals surface area (Å²) in [5.74, 6) is 0. The van der Waals surface area contributed by atoms with Gasteiger partial charge in [0.05, 0.1) is 0 Å². The van der Waals surface area contributed by atoms with Crippen molar-refractivity contribution in [3.63, 3.8) is 0 Å². The molecule has 0 aliphatic carbocycles. The van der Waals surface area contributed by atoms with Gasteiger partial charge in [-0.1, -0.05) is 485 Å². The maximum Gasteiger partial charge on any atom is -0.00143 e. The van der Waals surface area contributed by atoms with E-state index in [1.807, 2.05) is 0 Å². The molecule has 0 nitrogen and oxygen atoms in total. The molecule has 0 spiro atoms. The Morgan fingerprint density at radius 1 is 0.0859 bits per heavy atom. The molecule has 0 N–H and O–H groups in total. The maximum absolute atomic E-state index is 2.62. The summed E-state index contributed by atoms with van der Waals surface area (Å²) in [4.78, 5) is 0. The molecule has 0 saturated heterocycles. The van der Waals surface area contributed by atoms with Crippen molar-refractivity contribution in [2.24, 2.45) is 0 Å². The first kappa shape index (κ1) is 78.8. The smallest absolute Gasteiger partial charge is 0.00143 e. The summed E-state index contributed by atoms with van der Waals surface area (Å²) in [6.45, 7) is 5.03. The molecule has 602 valence electrons. The van der Waals surface area contributed by atoms with Gasteiger partial charge in [-0.2, -0.15) is 0 Å². The fourth-order valence-corrected chi connectivity index (χ4v) is 20.1. The number of hydrogen-bond donors (Lipinski definition) is 0. The molecule has 0 aromatic heterocycles. The quantitative estimate of drug-likeness (QED) is 0.0713. The second kappa shape index (κ2) is 35.5. The second-order valence-corrected chi connectivity index (χ2v) is 33.0. The van der Waals surface area contributed by atoms with Crippen LogP contribution in [0.4, 0.5) is 0 Å². The molecule has 0 bridgehead atoms. The van der Waals surface area contributed by atoms with Crippen molar-refractivity contribution < 1.29 is 0 Å². The summed E-state index contributed by atoms with van der Waals surface area (Å²) in [5, 5.41) is 0. The molecule has 21 rings (SSSR count). The molecule has 0 fully saturated rings. The molecule has 0 saturated carbocycles. The van der Waals surface area contributed by atoms with E-state index in [-0.39, 0.29) is 0 Å². The highest BCUT2D eigenvalue weighted by Gasteiger charge is 2.37. The minimum absolute atomic E-state index is 1.08. The van der Waals surface area contributed by atoms with Crippen LogP contribution in [0.15, 0.2) is 510 Å². The predicted octanol–water partition coefficient (Wildman–Crippen LogP) is 35.6. The SMILES string of the molecule is Cc1c(-c2cc(-c3ccccc3)c(-c3ccccc3)c(-c3ccccc3)c2-c2ccccc2)c(-c2cc(-c3ccccc3)c(-c3ccccc3)c(-c3ccccc3)c2-c2ccccc2)c(C)c(-c2cc(-c3ccccc3)c(-c3ccccc3)c(-c3ccccc3)c2-c2ccccc2)c1-c1cc(-c2ccccc2)c(-c2ccccc2)c(-c2ccccc2)c1-c1ccccc1. The standard InChI is InChI=1S/C128H90/c1-87-113(109-83-105(89-51-19-3-20-52-89)117(93-59-27-7-28-60-93)125(101-75-43-15-44-76-101)121(109)97-67-35-11-36-68-97)115(111-85-107(91-55-23-5-24-56-91)119(95-63-31-9-32-64-95)127(103-79-47-17-48-80-103)123(111)99-71-39-13-40-72-99)88(2)116(112-86-108(92-57-25-6-26-58-92)120(96-65-33-10-34-66-96)128(104-81-49-18-50-82-104)124(112)100-73-41-14-42-74-100)114(87)110-84-106(90-53-21-4-22-54-90)118(94-61-29-8-30-62-94)126(102-77-45-16-46-78-102)122(110)98-69-37-12-38-70-98/h3-86H,1-2H3. The van der Waals surface area contributed by atoms with E-state index in [4.69, 9.17) is 0 Å². The van der Waals surface area contributed by atoms with Crippen LogP contribution in [0.5, 0.6) is 0 Å². The third-order valence-electron chi connectivity index (χ3n) is 25.5. The van der Waals surface area contributed by atoms with E-state index in [1.54, 1.807) is 0 Å². The van der Waals surface area contributed by atoms with Gasteiger partial charge in [-0.15, -0.1) is 0 Å². The lowest BCUT2D eigenvalue weighted by molar-refractivity contribution is 1.37. The zero-order valence-corrected chi connectivity index (χ0v) is 71.5. The van der Waals surface area contributed by atoms with E-state index in [2.05, 4.69) is 523 Å². The average molecular weight is 1630 g/mol. The zero-order valence-electron chi connectivity index (χ0n) is 71.5. The lowest BCUT2D eigenvalue weighted by Gasteiger charge is -2.33. The Labute approximate surface area is 751 Å². The van der Waals surface area contributed by atoms with Gasteiger partial charge in [0.2, 0.25) is 0 Å². The average Bonchev–Trinajstić information content (AvgIpc) is 0.695. The molecule has 0 heterocycles. The maximum atomic E-state index is 2.62. The molecule has 0 atom stereocenters. The van der Waals surface area contributed by atoms with Gasteiger partial charge >= 0.3 is 0 Å². The number of hydrogen-bond acceptors (Lipinski definition) is 0. The Balaban J connectivity index is 1.11. The molecule has 0 radical (unpaired) electrons. The highest BCUT2D eigenvalue weighted by molar-refractivity contribution is 6.20. The van der Waals surface area contributed by atoms with E-state index >= 15 is 0 Å². The topological polar surface area (TPSA) is 0 Å². The third kappa shape index (κ3) is 14.8. The zero-order chi connectivity index (χ0) is 85.6. The van der Waals surface area contributed by atoms with Gasteiger partial charge in [0.25, 0.3) is 0 Å². The van der Waals surface area contributed by atoms with Crippen LogP contribution < -0.4 is 0 Å². The Morgan fingerprint density at radius 2 is 0.180 bits per heavy atom. The van der Waals surface area contributed by atoms with Gasteiger partial charge < -0.3 is 0 Å². The van der Waals surface area contributed by atoms with Crippen molar-refractivity contribution >= 4 is 0 Å². The first-order valence-electron chi connectivity index (χ1n) is 44.4. The van der Waals surface area contributed by atoms with E-state index in [9.17, 15) is 0 Å². The second-order valence-electron chi connectivity index (χ2n) is 33.0. The van der Waals surface area contributed by atoms with E-state index in [0.29, 0.717) is 0 Å². The van der Waals surface area contributed by atoms with Crippen molar-refractivity contribution in [1.29, 1.82) is 0 Å². The summed E-state index contributed by atoms with van der Waals surface area (Å²) in [5.41, 5.74) is 46.4. The fourth-order valence-electron chi connectivity index (χ4n) is 20.1. The van der Waals surface area contributed by atoms with Crippen LogP contribution in [0, 0.1) is 13.8 Å². The molecule has 0 aliphatic rings. The highest BCUT2D eigenvalue weighted by Crippen LogP contribution is 2.63. The van der Waals surface area contributed by atoms with Crippen LogP contribution in [0.3, 0.4) is 0 Å². The van der Waals surface area contributed by atoms with Crippen molar-refractivity contribution in [2.45, 2.75) is 13.8 Å². The van der Waals surface area contributed by atoms with E-state index < -0.39 is 0 Å². The Bertz CT molecular complexity index is 6600. The molecule has 0 heteroatoms. The van der Waals surface area contributed by atoms with Gasteiger partial charge in [0, 0.05) is 0 Å². The van der Waals surface area contributed by atoms with Crippen LogP contribution in [-0.2, 0) is 0 Å².